The minimum atomic E-state index is -0.214. The van der Waals surface area contributed by atoms with Gasteiger partial charge in [0.1, 0.15) is 0 Å². The maximum Gasteiger partial charge on any atom is 0.319 e. The van der Waals surface area contributed by atoms with E-state index in [0.29, 0.717) is 6.61 Å². The van der Waals surface area contributed by atoms with Crippen LogP contribution in [0.15, 0.2) is 18.3 Å². The number of ether oxygens (including phenoxy) is 1. The van der Waals surface area contributed by atoms with Crippen LogP contribution in [-0.2, 0) is 16.0 Å². The van der Waals surface area contributed by atoms with Crippen LogP contribution in [0.4, 0.5) is 0 Å². The van der Waals surface area contributed by atoms with E-state index in [-0.39, 0.29) is 12.5 Å². The Morgan fingerprint density at radius 2 is 2.54 bits per heavy atom. The van der Waals surface area contributed by atoms with Crippen molar-refractivity contribution in [1.29, 1.82) is 0 Å². The molecule has 0 unspecified atom stereocenters. The van der Waals surface area contributed by atoms with Crippen LogP contribution in [0.1, 0.15) is 5.69 Å². The molecule has 0 aromatic carbocycles. The molecule has 13 heavy (non-hydrogen) atoms. The average Bonchev–Trinajstić information content (AvgIpc) is 2.57. The molecule has 4 nitrogen and oxygen atoms in total. The highest BCUT2D eigenvalue weighted by Crippen LogP contribution is 1.95. The molecular formula is C9H14N2O2. The van der Waals surface area contributed by atoms with E-state index in [4.69, 9.17) is 4.74 Å². The molecule has 0 saturated carbocycles. The Hall–Kier alpha value is -1.29. The number of aromatic nitrogens is 1. The summed E-state index contributed by atoms with van der Waals surface area (Å²) in [7, 11) is 1.71. The summed E-state index contributed by atoms with van der Waals surface area (Å²) in [5, 5.41) is 2.73. The monoisotopic (exact) mass is 182 g/mol. The summed E-state index contributed by atoms with van der Waals surface area (Å²) in [5.74, 6) is -0.214. The van der Waals surface area contributed by atoms with E-state index in [0.717, 1.165) is 12.1 Å². The predicted molar refractivity (Wildman–Crippen MR) is 49.4 cm³/mol. The first kappa shape index (κ1) is 9.80. The number of hydrogen-bond acceptors (Lipinski definition) is 3. The van der Waals surface area contributed by atoms with Gasteiger partial charge in [-0.05, 0) is 19.2 Å². The van der Waals surface area contributed by atoms with Gasteiger partial charge in [-0.2, -0.15) is 0 Å². The van der Waals surface area contributed by atoms with Crippen molar-refractivity contribution in [1.82, 2.24) is 10.3 Å². The second-order valence-electron chi connectivity index (χ2n) is 2.70. The molecule has 1 heterocycles. The number of rotatable bonds is 5. The van der Waals surface area contributed by atoms with Gasteiger partial charge in [0.25, 0.3) is 0 Å². The largest absolute Gasteiger partial charge is 0.464 e. The minimum Gasteiger partial charge on any atom is -0.464 e. The molecule has 0 bridgehead atoms. The van der Waals surface area contributed by atoms with Crippen molar-refractivity contribution in [2.24, 2.45) is 0 Å². The topological polar surface area (TPSA) is 54.1 Å². The normalized spacial score (nSPS) is 9.92. The van der Waals surface area contributed by atoms with Crippen LogP contribution in [0, 0.1) is 0 Å². The van der Waals surface area contributed by atoms with Crippen molar-refractivity contribution in [3.8, 4) is 0 Å². The van der Waals surface area contributed by atoms with E-state index < -0.39 is 0 Å². The molecule has 0 fully saturated rings. The van der Waals surface area contributed by atoms with Gasteiger partial charge in [-0.3, -0.25) is 4.79 Å². The van der Waals surface area contributed by atoms with Crippen molar-refractivity contribution in [3.63, 3.8) is 0 Å². The van der Waals surface area contributed by atoms with E-state index in [1.54, 1.807) is 7.05 Å². The summed E-state index contributed by atoms with van der Waals surface area (Å²) in [6.45, 7) is 0.700. The van der Waals surface area contributed by atoms with Gasteiger partial charge in [0.15, 0.2) is 0 Å². The molecule has 1 aromatic rings. The molecule has 1 rings (SSSR count). The summed E-state index contributed by atoms with van der Waals surface area (Å²) in [5.41, 5.74) is 1.08. The minimum absolute atomic E-state index is 0.214. The lowest BCUT2D eigenvalue weighted by Gasteiger charge is -2.02. The van der Waals surface area contributed by atoms with Gasteiger partial charge in [0.05, 0.1) is 13.2 Å². The van der Waals surface area contributed by atoms with E-state index in [9.17, 15) is 4.79 Å². The third-order valence-electron chi connectivity index (χ3n) is 1.62. The van der Waals surface area contributed by atoms with Gasteiger partial charge in [0.2, 0.25) is 0 Å². The third kappa shape index (κ3) is 3.75. The van der Waals surface area contributed by atoms with E-state index in [1.165, 1.54) is 0 Å². The second kappa shape index (κ2) is 5.37. The molecule has 2 N–H and O–H groups in total. The Balaban J connectivity index is 2.11. The van der Waals surface area contributed by atoms with Crippen molar-refractivity contribution < 1.29 is 9.53 Å². The van der Waals surface area contributed by atoms with Crippen LogP contribution in [0.25, 0.3) is 0 Å². The highest BCUT2D eigenvalue weighted by atomic mass is 16.5. The van der Waals surface area contributed by atoms with Crippen molar-refractivity contribution in [3.05, 3.63) is 24.0 Å². The first-order chi connectivity index (χ1) is 6.33. The summed E-state index contributed by atoms with van der Waals surface area (Å²) in [6.07, 6.45) is 2.59. The van der Waals surface area contributed by atoms with Crippen LogP contribution in [-0.4, -0.2) is 31.2 Å². The quantitative estimate of drug-likeness (QED) is 0.645. The molecular weight excluding hydrogens is 168 g/mol. The van der Waals surface area contributed by atoms with Gasteiger partial charge in [0, 0.05) is 18.3 Å². The first-order valence-corrected chi connectivity index (χ1v) is 4.25. The number of hydrogen-bond donors (Lipinski definition) is 2. The van der Waals surface area contributed by atoms with Crippen molar-refractivity contribution in [2.45, 2.75) is 6.42 Å². The first-order valence-electron chi connectivity index (χ1n) is 4.25. The fourth-order valence-electron chi connectivity index (χ4n) is 0.993. The fourth-order valence-corrected chi connectivity index (χ4v) is 0.993. The Morgan fingerprint density at radius 1 is 1.69 bits per heavy atom. The van der Waals surface area contributed by atoms with Crippen molar-refractivity contribution >= 4 is 5.97 Å². The Bertz CT molecular complexity index is 244. The van der Waals surface area contributed by atoms with E-state index in [2.05, 4.69) is 10.3 Å². The highest BCUT2D eigenvalue weighted by molar-refractivity contribution is 5.71. The average molecular weight is 182 g/mol. The highest BCUT2D eigenvalue weighted by Gasteiger charge is 2.00. The third-order valence-corrected chi connectivity index (χ3v) is 1.62. The maximum absolute atomic E-state index is 10.9. The number of esters is 1. The summed E-state index contributed by atoms with van der Waals surface area (Å²) in [6, 6.07) is 3.89. The van der Waals surface area contributed by atoms with Crippen LogP contribution in [0.3, 0.4) is 0 Å². The fraction of sp³-hybridized carbons (Fsp3) is 0.444. The lowest BCUT2D eigenvalue weighted by molar-refractivity contribution is -0.142. The molecule has 0 atom stereocenters. The number of carbonyl (C=O) groups excluding carboxylic acids is 1. The van der Waals surface area contributed by atoms with Gasteiger partial charge >= 0.3 is 5.97 Å². The molecule has 0 aliphatic heterocycles. The zero-order valence-corrected chi connectivity index (χ0v) is 7.67. The molecule has 0 saturated heterocycles. The van der Waals surface area contributed by atoms with Gasteiger partial charge in [-0.1, -0.05) is 0 Å². The predicted octanol–water partition coefficient (Wildman–Crippen LogP) is 0.320. The zero-order chi connectivity index (χ0) is 9.52. The van der Waals surface area contributed by atoms with Gasteiger partial charge in [-0.15, -0.1) is 0 Å². The summed E-state index contributed by atoms with van der Waals surface area (Å²) < 4.78 is 4.93. The van der Waals surface area contributed by atoms with Crippen molar-refractivity contribution in [2.75, 3.05) is 20.2 Å². The Kier molecular flexibility index (Phi) is 4.05. The van der Waals surface area contributed by atoms with E-state index >= 15 is 0 Å². The molecule has 0 radical (unpaired) electrons. The van der Waals surface area contributed by atoms with E-state index in [1.807, 2.05) is 18.3 Å². The smallest absolute Gasteiger partial charge is 0.319 e. The summed E-state index contributed by atoms with van der Waals surface area (Å²) in [4.78, 5) is 13.9. The molecule has 0 spiro atoms. The van der Waals surface area contributed by atoms with Gasteiger partial charge < -0.3 is 15.0 Å². The zero-order valence-electron chi connectivity index (χ0n) is 7.67. The Labute approximate surface area is 77.3 Å². The number of nitrogens with one attached hydrogen (secondary N) is 2. The molecule has 1 aromatic heterocycles. The lowest BCUT2D eigenvalue weighted by Crippen LogP contribution is -2.21. The number of carbonyl (C=O) groups is 1. The maximum atomic E-state index is 10.9. The van der Waals surface area contributed by atoms with Crippen LogP contribution in [0.2, 0.25) is 0 Å². The Morgan fingerprint density at radius 3 is 3.15 bits per heavy atom. The standard InChI is InChI=1S/C9H14N2O2/c1-10-7-9(12)13-6-4-8-3-2-5-11-8/h2-3,5,10-11H,4,6-7H2,1H3. The number of likely N-dealkylation sites (N-methyl/N-ethyl adjacent to an activating group) is 1. The lowest BCUT2D eigenvalue weighted by atomic mass is 10.3. The molecule has 0 amide bonds. The SMILES string of the molecule is CNCC(=O)OCCc1ccc[nH]1. The van der Waals surface area contributed by atoms with Crippen LogP contribution >= 0.6 is 0 Å². The molecule has 0 aliphatic rings. The number of aromatic amines is 1. The second-order valence-corrected chi connectivity index (χ2v) is 2.70. The summed E-state index contributed by atoms with van der Waals surface area (Å²) >= 11 is 0. The molecule has 72 valence electrons. The van der Waals surface area contributed by atoms with Crippen LogP contribution in [0.5, 0.6) is 0 Å². The van der Waals surface area contributed by atoms with Gasteiger partial charge in [-0.25, -0.2) is 0 Å². The number of H-pyrrole nitrogens is 1. The molecule has 0 aliphatic carbocycles. The molecule has 4 heteroatoms. The van der Waals surface area contributed by atoms with Crippen LogP contribution < -0.4 is 5.32 Å².